The van der Waals surface area contributed by atoms with Gasteiger partial charge in [0, 0.05) is 10.6 Å². The molecular weight excluding hydrogens is 348 g/mol. The highest BCUT2D eigenvalue weighted by Crippen LogP contribution is 2.42. The van der Waals surface area contributed by atoms with Crippen molar-refractivity contribution < 1.29 is 14.0 Å². The standard InChI is InChI=1S/C17H17ClN2O3S/c1-11(16(22)19-9-12-5-4-8-23-12)20-15(21)10-24-17(20)13-6-2-3-7-14(13)18/h2-8,11,17H,9-10H2,1H3,(H,19,22). The molecule has 1 saturated heterocycles. The summed E-state index contributed by atoms with van der Waals surface area (Å²) in [7, 11) is 0. The van der Waals surface area contributed by atoms with Crippen molar-refractivity contribution in [3.05, 3.63) is 59.0 Å². The summed E-state index contributed by atoms with van der Waals surface area (Å²) in [6.45, 7) is 2.02. The van der Waals surface area contributed by atoms with Gasteiger partial charge in [-0.05, 0) is 25.1 Å². The van der Waals surface area contributed by atoms with Gasteiger partial charge in [-0.3, -0.25) is 9.59 Å². The molecule has 2 unspecified atom stereocenters. The van der Waals surface area contributed by atoms with Gasteiger partial charge in [0.15, 0.2) is 0 Å². The number of nitrogens with one attached hydrogen (secondary N) is 1. The summed E-state index contributed by atoms with van der Waals surface area (Å²) in [5.41, 5.74) is 0.848. The third-order valence-corrected chi connectivity index (χ3v) is 5.44. The van der Waals surface area contributed by atoms with Crippen LogP contribution in [0, 0.1) is 0 Å². The average molecular weight is 365 g/mol. The minimum absolute atomic E-state index is 0.0643. The van der Waals surface area contributed by atoms with Crippen LogP contribution in [0.5, 0.6) is 0 Å². The van der Waals surface area contributed by atoms with Gasteiger partial charge in [0.05, 0.1) is 18.6 Å². The lowest BCUT2D eigenvalue weighted by Crippen LogP contribution is -2.46. The molecule has 1 aliphatic heterocycles. The van der Waals surface area contributed by atoms with E-state index in [4.69, 9.17) is 16.0 Å². The van der Waals surface area contributed by atoms with Crippen molar-refractivity contribution in [2.75, 3.05) is 5.75 Å². The molecule has 2 amide bonds. The molecule has 7 heteroatoms. The van der Waals surface area contributed by atoms with Crippen LogP contribution in [0.4, 0.5) is 0 Å². The van der Waals surface area contributed by atoms with Crippen molar-refractivity contribution in [2.24, 2.45) is 0 Å². The Balaban J connectivity index is 1.73. The Kier molecular flexibility index (Phi) is 5.16. The van der Waals surface area contributed by atoms with Crippen LogP contribution in [-0.2, 0) is 16.1 Å². The number of benzene rings is 1. The van der Waals surface area contributed by atoms with E-state index in [0.717, 1.165) is 5.56 Å². The highest BCUT2D eigenvalue weighted by Gasteiger charge is 2.39. The fraction of sp³-hybridized carbons (Fsp3) is 0.294. The Labute approximate surface area is 149 Å². The zero-order valence-electron chi connectivity index (χ0n) is 13.1. The predicted octanol–water partition coefficient (Wildman–Crippen LogP) is 3.21. The molecule has 1 aliphatic rings. The lowest BCUT2D eigenvalue weighted by molar-refractivity contribution is -0.138. The first-order chi connectivity index (χ1) is 11.6. The minimum Gasteiger partial charge on any atom is -0.467 e. The smallest absolute Gasteiger partial charge is 0.242 e. The number of halogens is 1. The molecule has 1 N–H and O–H groups in total. The maximum atomic E-state index is 12.4. The van der Waals surface area contributed by atoms with Gasteiger partial charge in [-0.2, -0.15) is 0 Å². The van der Waals surface area contributed by atoms with Crippen LogP contribution in [0.25, 0.3) is 0 Å². The molecule has 1 aromatic heterocycles. The van der Waals surface area contributed by atoms with Crippen LogP contribution in [-0.4, -0.2) is 28.5 Å². The van der Waals surface area contributed by atoms with Gasteiger partial charge in [0.25, 0.3) is 0 Å². The van der Waals surface area contributed by atoms with E-state index < -0.39 is 6.04 Å². The average Bonchev–Trinajstić information content (AvgIpc) is 3.22. The number of nitrogens with zero attached hydrogens (tertiary/aromatic N) is 1. The van der Waals surface area contributed by atoms with E-state index in [2.05, 4.69) is 5.32 Å². The summed E-state index contributed by atoms with van der Waals surface area (Å²) in [6, 6.07) is 10.4. The molecule has 0 spiro atoms. The normalized spacial score (nSPS) is 18.7. The Morgan fingerprint density at radius 3 is 2.92 bits per heavy atom. The Morgan fingerprint density at radius 2 is 2.21 bits per heavy atom. The van der Waals surface area contributed by atoms with Gasteiger partial charge < -0.3 is 14.6 Å². The van der Waals surface area contributed by atoms with Gasteiger partial charge in [0.1, 0.15) is 17.2 Å². The van der Waals surface area contributed by atoms with Crippen molar-refractivity contribution in [1.29, 1.82) is 0 Å². The number of carbonyl (C=O) groups is 2. The predicted molar refractivity (Wildman–Crippen MR) is 93.5 cm³/mol. The maximum Gasteiger partial charge on any atom is 0.242 e. The molecule has 5 nitrogen and oxygen atoms in total. The lowest BCUT2D eigenvalue weighted by atomic mass is 10.1. The van der Waals surface area contributed by atoms with E-state index in [1.54, 1.807) is 36.3 Å². The number of hydrogen-bond donors (Lipinski definition) is 1. The topological polar surface area (TPSA) is 62.6 Å². The number of thioether (sulfide) groups is 1. The summed E-state index contributed by atoms with van der Waals surface area (Å²) >= 11 is 7.75. The van der Waals surface area contributed by atoms with Crippen LogP contribution >= 0.6 is 23.4 Å². The third kappa shape index (κ3) is 3.44. The van der Waals surface area contributed by atoms with Crippen molar-refractivity contribution in [3.63, 3.8) is 0 Å². The first kappa shape index (κ1) is 16.9. The zero-order valence-corrected chi connectivity index (χ0v) is 14.6. The summed E-state index contributed by atoms with van der Waals surface area (Å²) in [5, 5.41) is 3.14. The fourth-order valence-corrected chi connectivity index (χ4v) is 4.23. The van der Waals surface area contributed by atoms with Crippen LogP contribution < -0.4 is 5.32 Å². The van der Waals surface area contributed by atoms with Crippen molar-refractivity contribution in [2.45, 2.75) is 24.9 Å². The Bertz CT molecular complexity index is 735. The molecule has 0 radical (unpaired) electrons. The van der Waals surface area contributed by atoms with Crippen molar-refractivity contribution >= 4 is 35.2 Å². The number of amides is 2. The first-order valence-electron chi connectivity index (χ1n) is 7.55. The fourth-order valence-electron chi connectivity index (χ4n) is 2.63. The van der Waals surface area contributed by atoms with Crippen molar-refractivity contribution in [1.82, 2.24) is 10.2 Å². The van der Waals surface area contributed by atoms with Crippen LogP contribution in [0.2, 0.25) is 5.02 Å². The second kappa shape index (κ2) is 7.32. The van der Waals surface area contributed by atoms with Crippen molar-refractivity contribution in [3.8, 4) is 0 Å². The molecule has 2 heterocycles. The lowest BCUT2D eigenvalue weighted by Gasteiger charge is -2.30. The molecule has 126 valence electrons. The summed E-state index contributed by atoms with van der Waals surface area (Å²) in [5.74, 6) is 0.719. The quantitative estimate of drug-likeness (QED) is 0.884. The summed E-state index contributed by atoms with van der Waals surface area (Å²) < 4.78 is 5.20. The molecule has 1 aromatic carbocycles. The van der Waals surface area contributed by atoms with Crippen LogP contribution in [0.1, 0.15) is 23.6 Å². The number of hydrogen-bond acceptors (Lipinski definition) is 4. The van der Waals surface area contributed by atoms with Gasteiger partial charge >= 0.3 is 0 Å². The van der Waals surface area contributed by atoms with Crippen LogP contribution in [0.15, 0.2) is 47.1 Å². The summed E-state index contributed by atoms with van der Waals surface area (Å²) in [6.07, 6.45) is 1.55. The molecule has 0 aliphatic carbocycles. The first-order valence-corrected chi connectivity index (χ1v) is 8.98. The SMILES string of the molecule is CC(C(=O)NCc1ccco1)N1C(=O)CSC1c1ccccc1Cl. The molecule has 2 aromatic rings. The second-order valence-corrected chi connectivity index (χ2v) is 6.93. The Morgan fingerprint density at radius 1 is 1.42 bits per heavy atom. The number of furan rings is 1. The molecule has 2 atom stereocenters. The largest absolute Gasteiger partial charge is 0.467 e. The van der Waals surface area contributed by atoms with E-state index in [9.17, 15) is 9.59 Å². The van der Waals surface area contributed by atoms with Gasteiger partial charge in [-0.25, -0.2) is 0 Å². The van der Waals surface area contributed by atoms with E-state index in [-0.39, 0.29) is 17.2 Å². The molecule has 3 rings (SSSR count). The molecule has 0 saturated carbocycles. The third-order valence-electron chi connectivity index (χ3n) is 3.89. The molecule has 0 bridgehead atoms. The summed E-state index contributed by atoms with van der Waals surface area (Å²) in [4.78, 5) is 26.4. The number of rotatable bonds is 5. The minimum atomic E-state index is -0.594. The van der Waals surface area contributed by atoms with Gasteiger partial charge in [0.2, 0.25) is 11.8 Å². The second-order valence-electron chi connectivity index (χ2n) is 5.46. The number of carbonyl (C=O) groups excluding carboxylic acids is 2. The molecule has 24 heavy (non-hydrogen) atoms. The zero-order chi connectivity index (χ0) is 17.1. The monoisotopic (exact) mass is 364 g/mol. The van der Waals surface area contributed by atoms with E-state index >= 15 is 0 Å². The van der Waals surface area contributed by atoms with Gasteiger partial charge in [-0.1, -0.05) is 29.8 Å². The maximum absolute atomic E-state index is 12.4. The van der Waals surface area contributed by atoms with E-state index in [1.807, 2.05) is 18.2 Å². The van der Waals surface area contributed by atoms with E-state index in [1.165, 1.54) is 11.8 Å². The van der Waals surface area contributed by atoms with Crippen LogP contribution in [0.3, 0.4) is 0 Å². The van der Waals surface area contributed by atoms with E-state index in [0.29, 0.717) is 23.1 Å². The molecular formula is C17H17ClN2O3S. The van der Waals surface area contributed by atoms with Gasteiger partial charge in [-0.15, -0.1) is 11.8 Å². The Hall–Kier alpha value is -1.92. The molecule has 1 fully saturated rings. The highest BCUT2D eigenvalue weighted by molar-refractivity contribution is 8.00. The highest BCUT2D eigenvalue weighted by atomic mass is 35.5.